The van der Waals surface area contributed by atoms with Crippen LogP contribution in [-0.4, -0.2) is 20.7 Å². The summed E-state index contributed by atoms with van der Waals surface area (Å²) < 4.78 is 0.813. The summed E-state index contributed by atoms with van der Waals surface area (Å²) >= 11 is 0. The van der Waals surface area contributed by atoms with Crippen LogP contribution in [0.3, 0.4) is 0 Å². The lowest BCUT2D eigenvalue weighted by atomic mass is 10.3. The van der Waals surface area contributed by atoms with E-state index in [1.165, 1.54) is 6.92 Å². The second kappa shape index (κ2) is 2.85. The molecule has 0 saturated carbocycles. The fraction of sp³-hybridized carbons (Fsp3) is 0.333. The maximum atomic E-state index is 10.7. The number of nitrogens with two attached hydrogens (primary N) is 1. The third-order valence-corrected chi connectivity index (χ3v) is 1.77. The van der Waals surface area contributed by atoms with E-state index in [1.54, 1.807) is 6.92 Å². The summed E-state index contributed by atoms with van der Waals surface area (Å²) in [5.74, 6) is -0.337. The number of hydrogen-bond donors (Lipinski definition) is 1. The zero-order valence-corrected chi connectivity index (χ0v) is 7.14. The van der Waals surface area contributed by atoms with Gasteiger partial charge in [-0.2, -0.15) is 0 Å². The van der Waals surface area contributed by atoms with E-state index in [0.29, 0.717) is 11.3 Å². The molecule has 0 spiro atoms. The lowest BCUT2D eigenvalue weighted by molar-refractivity contribution is -0.390. The number of nitro groups is 1. The normalized spacial score (nSPS) is 10.0. The fourth-order valence-corrected chi connectivity index (χ4v) is 0.953. The molecule has 0 aliphatic carbocycles. The fourth-order valence-electron chi connectivity index (χ4n) is 0.953. The van der Waals surface area contributed by atoms with Crippen molar-refractivity contribution < 1.29 is 9.72 Å². The van der Waals surface area contributed by atoms with E-state index in [9.17, 15) is 14.9 Å². The molecule has 1 heterocycles. The summed E-state index contributed by atoms with van der Waals surface area (Å²) in [5, 5.41) is 13.8. The van der Waals surface area contributed by atoms with Crippen molar-refractivity contribution in [2.45, 2.75) is 13.8 Å². The molecule has 0 fully saturated rings. The third-order valence-electron chi connectivity index (χ3n) is 1.77. The van der Waals surface area contributed by atoms with E-state index in [-0.39, 0.29) is 5.82 Å². The van der Waals surface area contributed by atoms with E-state index < -0.39 is 11.0 Å². The molecule has 2 N–H and O–H groups in total. The van der Waals surface area contributed by atoms with Crippen molar-refractivity contribution in [1.29, 1.82) is 0 Å². The maximum absolute atomic E-state index is 10.7. The number of amides is 1. The Morgan fingerprint density at radius 3 is 2.38 bits per heavy atom. The largest absolute Gasteiger partial charge is 0.393 e. The molecular weight excluding hydrogens is 176 g/mol. The van der Waals surface area contributed by atoms with Gasteiger partial charge in [0.1, 0.15) is 0 Å². The minimum Gasteiger partial charge on any atom is -0.358 e. The Bertz CT molecular complexity index is 347. The van der Waals surface area contributed by atoms with Gasteiger partial charge in [-0.05, 0) is 18.8 Å². The van der Waals surface area contributed by atoms with Gasteiger partial charge in [0.05, 0.1) is 16.4 Å². The van der Waals surface area contributed by atoms with E-state index in [2.05, 4.69) is 5.10 Å². The van der Waals surface area contributed by atoms with Gasteiger partial charge in [-0.15, -0.1) is 0 Å². The van der Waals surface area contributed by atoms with Gasteiger partial charge in [-0.25, -0.2) is 4.79 Å². The Morgan fingerprint density at radius 2 is 2.15 bits per heavy atom. The Morgan fingerprint density at radius 1 is 1.62 bits per heavy atom. The van der Waals surface area contributed by atoms with Crippen LogP contribution < -0.4 is 5.73 Å². The predicted octanol–water partition coefficient (Wildman–Crippen LogP) is 0.335. The van der Waals surface area contributed by atoms with Gasteiger partial charge in [0.2, 0.25) is 0 Å². The lowest BCUT2D eigenvalue weighted by Crippen LogP contribution is -2.22. The van der Waals surface area contributed by atoms with Crippen LogP contribution in [0.5, 0.6) is 0 Å². The topological polar surface area (TPSA) is 104 Å². The molecule has 70 valence electrons. The first kappa shape index (κ1) is 9.17. The summed E-state index contributed by atoms with van der Waals surface area (Å²) in [4.78, 5) is 20.4. The molecule has 0 atom stereocenters. The van der Waals surface area contributed by atoms with E-state index >= 15 is 0 Å². The van der Waals surface area contributed by atoms with Gasteiger partial charge >= 0.3 is 11.8 Å². The van der Waals surface area contributed by atoms with Crippen LogP contribution in [0.15, 0.2) is 0 Å². The first-order valence-corrected chi connectivity index (χ1v) is 3.45. The van der Waals surface area contributed by atoms with Crippen LogP contribution in [0.1, 0.15) is 11.3 Å². The molecule has 1 aromatic heterocycles. The predicted molar refractivity (Wildman–Crippen MR) is 43.3 cm³/mol. The molecule has 0 radical (unpaired) electrons. The van der Waals surface area contributed by atoms with Gasteiger partial charge in [-0.1, -0.05) is 4.68 Å². The Balaban J connectivity index is 3.36. The van der Waals surface area contributed by atoms with Crippen LogP contribution in [0, 0.1) is 24.0 Å². The van der Waals surface area contributed by atoms with Gasteiger partial charge in [0.25, 0.3) is 0 Å². The number of rotatable bonds is 1. The average molecular weight is 184 g/mol. The van der Waals surface area contributed by atoms with Crippen LogP contribution in [-0.2, 0) is 0 Å². The van der Waals surface area contributed by atoms with Crippen molar-refractivity contribution in [1.82, 2.24) is 9.78 Å². The van der Waals surface area contributed by atoms with Gasteiger partial charge in [0.15, 0.2) is 0 Å². The maximum Gasteiger partial charge on any atom is 0.393 e. The molecule has 0 aliphatic heterocycles. The highest BCUT2D eigenvalue weighted by molar-refractivity contribution is 5.75. The van der Waals surface area contributed by atoms with E-state index in [0.717, 1.165) is 4.68 Å². The smallest absolute Gasteiger partial charge is 0.358 e. The molecule has 0 aromatic carbocycles. The quantitative estimate of drug-likeness (QED) is 0.501. The van der Waals surface area contributed by atoms with Gasteiger partial charge in [-0.3, -0.25) is 0 Å². The van der Waals surface area contributed by atoms with Crippen molar-refractivity contribution in [2.75, 3.05) is 0 Å². The molecule has 0 bridgehead atoms. The molecule has 0 unspecified atom stereocenters. The Labute approximate surface area is 73.3 Å². The van der Waals surface area contributed by atoms with E-state index in [4.69, 9.17) is 5.73 Å². The zero-order chi connectivity index (χ0) is 10.2. The SMILES string of the molecule is Cc1c([N+](=O)[O-])nn(C(N)=O)c1C. The number of hydrogen-bond acceptors (Lipinski definition) is 4. The lowest BCUT2D eigenvalue weighted by Gasteiger charge is -1.89. The van der Waals surface area contributed by atoms with Gasteiger partial charge in [0, 0.05) is 0 Å². The molecule has 7 nitrogen and oxygen atoms in total. The second-order valence-electron chi connectivity index (χ2n) is 2.54. The molecule has 0 saturated heterocycles. The van der Waals surface area contributed by atoms with Crippen molar-refractivity contribution in [3.63, 3.8) is 0 Å². The Hall–Kier alpha value is -1.92. The highest BCUT2D eigenvalue weighted by Crippen LogP contribution is 2.18. The van der Waals surface area contributed by atoms with Crippen LogP contribution in [0.25, 0.3) is 0 Å². The van der Waals surface area contributed by atoms with E-state index in [1.807, 2.05) is 0 Å². The van der Waals surface area contributed by atoms with Gasteiger partial charge < -0.3 is 15.8 Å². The third kappa shape index (κ3) is 1.35. The van der Waals surface area contributed by atoms with Crippen molar-refractivity contribution >= 4 is 11.8 Å². The molecule has 13 heavy (non-hydrogen) atoms. The molecule has 0 aliphatic rings. The first-order valence-electron chi connectivity index (χ1n) is 3.45. The molecular formula is C6H8N4O3. The minimum atomic E-state index is -0.825. The van der Waals surface area contributed by atoms with Crippen LogP contribution >= 0.6 is 0 Å². The highest BCUT2D eigenvalue weighted by Gasteiger charge is 2.23. The summed E-state index contributed by atoms with van der Waals surface area (Å²) in [7, 11) is 0. The zero-order valence-electron chi connectivity index (χ0n) is 7.14. The monoisotopic (exact) mass is 184 g/mol. The van der Waals surface area contributed by atoms with Crippen molar-refractivity contribution in [2.24, 2.45) is 5.73 Å². The first-order chi connectivity index (χ1) is 5.95. The highest BCUT2D eigenvalue weighted by atomic mass is 16.6. The molecule has 1 amide bonds. The van der Waals surface area contributed by atoms with Crippen molar-refractivity contribution in [3.05, 3.63) is 21.4 Å². The molecule has 7 heteroatoms. The summed E-state index contributed by atoms with van der Waals surface area (Å²) in [6.07, 6.45) is 0. The van der Waals surface area contributed by atoms with Crippen LogP contribution in [0.2, 0.25) is 0 Å². The van der Waals surface area contributed by atoms with Crippen LogP contribution in [0.4, 0.5) is 10.6 Å². The van der Waals surface area contributed by atoms with Crippen molar-refractivity contribution in [3.8, 4) is 0 Å². The number of carbonyl (C=O) groups excluding carboxylic acids is 1. The summed E-state index contributed by atoms with van der Waals surface area (Å²) in [6.45, 7) is 3.06. The standard InChI is InChI=1S/C6H8N4O3/c1-3-4(2)9(6(7)11)8-5(3)10(12)13/h1-2H3,(H2,7,11). The number of carbonyl (C=O) groups is 1. The second-order valence-corrected chi connectivity index (χ2v) is 2.54. The molecule has 1 aromatic rings. The number of primary amides is 1. The number of nitrogens with zero attached hydrogens (tertiary/aromatic N) is 3. The molecule has 1 rings (SSSR count). The summed E-state index contributed by atoms with van der Waals surface area (Å²) in [5.41, 5.74) is 5.67. The minimum absolute atomic E-state index is 0.337. The number of aromatic nitrogens is 2. The average Bonchev–Trinajstić information content (AvgIpc) is 2.29. The Kier molecular flexibility index (Phi) is 2.01. The summed E-state index contributed by atoms with van der Waals surface area (Å²) in [6, 6.07) is -0.825.